The average Bonchev–Trinajstić information content (AvgIpc) is 3.73. The summed E-state index contributed by atoms with van der Waals surface area (Å²) in [4.78, 5) is 0. The molecule has 2 nitrogen and oxygen atoms in total. The van der Waals surface area contributed by atoms with E-state index in [4.69, 9.17) is 4.42 Å². The van der Waals surface area contributed by atoms with Crippen LogP contribution in [-0.4, -0.2) is 4.57 Å². The van der Waals surface area contributed by atoms with Gasteiger partial charge in [-0.25, -0.2) is 0 Å². The molecule has 232 valence electrons. The minimum atomic E-state index is 0.899. The van der Waals surface area contributed by atoms with Gasteiger partial charge in [0, 0.05) is 32.8 Å². The Kier molecular flexibility index (Phi) is 5.70. The van der Waals surface area contributed by atoms with Crippen molar-refractivity contribution < 1.29 is 4.42 Å². The molecule has 0 atom stereocenters. The Hall–Kier alpha value is -6.64. The molecule has 0 radical (unpaired) electrons. The lowest BCUT2D eigenvalue weighted by atomic mass is 9.78. The molecule has 0 N–H and O–H groups in total. The summed E-state index contributed by atoms with van der Waals surface area (Å²) in [7, 11) is 0. The Morgan fingerprint density at radius 2 is 0.740 bits per heavy atom. The van der Waals surface area contributed by atoms with E-state index < -0.39 is 0 Å². The maximum atomic E-state index is 6.76. The lowest BCUT2D eigenvalue weighted by Crippen LogP contribution is -2.02. The van der Waals surface area contributed by atoms with Crippen LogP contribution < -0.4 is 0 Å². The molecule has 2 heterocycles. The third-order valence-electron chi connectivity index (χ3n) is 10.6. The van der Waals surface area contributed by atoms with E-state index in [1.54, 1.807) is 0 Å². The van der Waals surface area contributed by atoms with Crippen LogP contribution in [0.5, 0.6) is 0 Å². The van der Waals surface area contributed by atoms with Crippen molar-refractivity contribution in [2.75, 3.05) is 0 Å². The van der Waals surface area contributed by atoms with Crippen LogP contribution in [-0.2, 0) is 0 Å². The zero-order chi connectivity index (χ0) is 32.8. The fourth-order valence-electron chi connectivity index (χ4n) is 8.47. The van der Waals surface area contributed by atoms with Crippen molar-refractivity contribution >= 4 is 43.7 Å². The molecule has 10 aromatic rings. The number of benzene rings is 8. The van der Waals surface area contributed by atoms with Crippen molar-refractivity contribution in [1.29, 1.82) is 0 Å². The molecule has 2 heteroatoms. The van der Waals surface area contributed by atoms with Crippen LogP contribution in [0, 0.1) is 0 Å². The second-order valence-corrected chi connectivity index (χ2v) is 13.2. The lowest BCUT2D eigenvalue weighted by molar-refractivity contribution is 0.670. The van der Waals surface area contributed by atoms with Crippen LogP contribution in [0.2, 0.25) is 0 Å². The highest BCUT2D eigenvalue weighted by atomic mass is 16.3. The molecule has 8 aromatic carbocycles. The van der Waals surface area contributed by atoms with E-state index in [0.29, 0.717) is 0 Å². The largest absolute Gasteiger partial charge is 0.455 e. The van der Waals surface area contributed by atoms with Gasteiger partial charge >= 0.3 is 0 Å². The zero-order valence-corrected chi connectivity index (χ0v) is 27.1. The van der Waals surface area contributed by atoms with Crippen LogP contribution >= 0.6 is 0 Å². The molecular weight excluding hydrogens is 607 g/mol. The molecule has 0 saturated carbocycles. The molecule has 0 aliphatic heterocycles. The highest BCUT2D eigenvalue weighted by Crippen LogP contribution is 2.52. The molecule has 0 fully saturated rings. The molecule has 1 aliphatic carbocycles. The summed E-state index contributed by atoms with van der Waals surface area (Å²) >= 11 is 0. The van der Waals surface area contributed by atoms with Gasteiger partial charge in [0.05, 0.1) is 11.0 Å². The van der Waals surface area contributed by atoms with Gasteiger partial charge in [0.15, 0.2) is 0 Å². The average molecular weight is 636 g/mol. The number of furan rings is 1. The van der Waals surface area contributed by atoms with E-state index in [9.17, 15) is 0 Å². The standard InChI is InChI=1S/C48H29NO/c1-2-15-32-31(14-1)33-16-3-4-18-35(33)42-28-30(49-44-25-10-7-19-36(44)37-20-8-11-26-45(37)49)29-43(47(42)39-22-6-5-17-34(32)39)41-24-13-23-40-38-21-9-12-27-46(38)50-48(40)41/h1-29H. The number of aromatic nitrogens is 1. The van der Waals surface area contributed by atoms with Crippen molar-refractivity contribution in [2.24, 2.45) is 0 Å². The molecular formula is C48H29NO. The van der Waals surface area contributed by atoms with Gasteiger partial charge in [0.25, 0.3) is 0 Å². The number of para-hydroxylation sites is 4. The lowest BCUT2D eigenvalue weighted by Gasteiger charge is -2.26. The predicted molar refractivity (Wildman–Crippen MR) is 209 cm³/mol. The number of fused-ring (bicyclic) bond motifs is 14. The van der Waals surface area contributed by atoms with Crippen molar-refractivity contribution in [3.05, 3.63) is 176 Å². The molecule has 0 saturated heterocycles. The quantitative estimate of drug-likeness (QED) is 0.185. The molecule has 11 rings (SSSR count). The number of hydrogen-bond donors (Lipinski definition) is 0. The van der Waals surface area contributed by atoms with E-state index in [1.807, 2.05) is 6.07 Å². The van der Waals surface area contributed by atoms with Crippen LogP contribution in [0.25, 0.3) is 105 Å². The molecule has 2 aromatic heterocycles. The summed E-state index contributed by atoms with van der Waals surface area (Å²) in [5, 5.41) is 4.75. The zero-order valence-electron chi connectivity index (χ0n) is 27.1. The second-order valence-electron chi connectivity index (χ2n) is 13.2. The molecule has 1 aliphatic rings. The molecule has 50 heavy (non-hydrogen) atoms. The molecule has 0 amide bonds. The minimum Gasteiger partial charge on any atom is -0.455 e. The Morgan fingerprint density at radius 3 is 1.36 bits per heavy atom. The molecule has 0 bridgehead atoms. The van der Waals surface area contributed by atoms with Crippen LogP contribution in [0.4, 0.5) is 0 Å². The number of rotatable bonds is 2. The van der Waals surface area contributed by atoms with Crippen molar-refractivity contribution in [3.63, 3.8) is 0 Å². The van der Waals surface area contributed by atoms with E-state index in [1.165, 1.54) is 66.3 Å². The van der Waals surface area contributed by atoms with Gasteiger partial charge in [-0.3, -0.25) is 0 Å². The first kappa shape index (κ1) is 27.3. The Balaban J connectivity index is 1.36. The molecule has 0 unspecified atom stereocenters. The fourth-order valence-corrected chi connectivity index (χ4v) is 8.47. The molecule has 0 spiro atoms. The highest BCUT2D eigenvalue weighted by Gasteiger charge is 2.27. The first-order valence-corrected chi connectivity index (χ1v) is 17.2. The maximum absolute atomic E-state index is 6.76. The van der Waals surface area contributed by atoms with E-state index in [-0.39, 0.29) is 0 Å². The first-order chi connectivity index (χ1) is 24.8. The van der Waals surface area contributed by atoms with Crippen LogP contribution in [0.1, 0.15) is 0 Å². The maximum Gasteiger partial charge on any atom is 0.143 e. The number of nitrogens with zero attached hydrogens (tertiary/aromatic N) is 1. The highest BCUT2D eigenvalue weighted by molar-refractivity contribution is 6.15. The third-order valence-corrected chi connectivity index (χ3v) is 10.6. The minimum absolute atomic E-state index is 0.899. The van der Waals surface area contributed by atoms with Gasteiger partial charge in [0.1, 0.15) is 11.2 Å². The van der Waals surface area contributed by atoms with Crippen LogP contribution in [0.3, 0.4) is 0 Å². The van der Waals surface area contributed by atoms with E-state index in [0.717, 1.165) is 38.8 Å². The van der Waals surface area contributed by atoms with Gasteiger partial charge < -0.3 is 8.98 Å². The Labute approximate surface area is 289 Å². The Bertz CT molecular complexity index is 2940. The fraction of sp³-hybridized carbons (Fsp3) is 0. The summed E-state index contributed by atoms with van der Waals surface area (Å²) in [5.74, 6) is 0. The first-order valence-electron chi connectivity index (χ1n) is 17.2. The van der Waals surface area contributed by atoms with E-state index in [2.05, 4.69) is 174 Å². The third kappa shape index (κ3) is 3.79. The summed E-state index contributed by atoms with van der Waals surface area (Å²) in [6.45, 7) is 0. The van der Waals surface area contributed by atoms with Gasteiger partial charge in [0.2, 0.25) is 0 Å². The van der Waals surface area contributed by atoms with Gasteiger partial charge in [-0.1, -0.05) is 146 Å². The topological polar surface area (TPSA) is 18.1 Å². The van der Waals surface area contributed by atoms with Gasteiger partial charge in [-0.15, -0.1) is 0 Å². The summed E-state index contributed by atoms with van der Waals surface area (Å²) in [6, 6.07) is 63.9. The number of hydrogen-bond acceptors (Lipinski definition) is 1. The normalized spacial score (nSPS) is 12.0. The predicted octanol–water partition coefficient (Wildman–Crippen LogP) is 13.3. The van der Waals surface area contributed by atoms with Crippen molar-refractivity contribution in [3.8, 4) is 61.3 Å². The summed E-state index contributed by atoms with van der Waals surface area (Å²) in [5.41, 5.74) is 17.3. The smallest absolute Gasteiger partial charge is 0.143 e. The van der Waals surface area contributed by atoms with Gasteiger partial charge in [-0.2, -0.15) is 0 Å². The summed E-state index contributed by atoms with van der Waals surface area (Å²) in [6.07, 6.45) is 0. The van der Waals surface area contributed by atoms with E-state index >= 15 is 0 Å². The van der Waals surface area contributed by atoms with Crippen LogP contribution in [0.15, 0.2) is 180 Å². The van der Waals surface area contributed by atoms with Crippen molar-refractivity contribution in [2.45, 2.75) is 0 Å². The summed E-state index contributed by atoms with van der Waals surface area (Å²) < 4.78 is 9.20. The monoisotopic (exact) mass is 635 g/mol. The Morgan fingerprint density at radius 1 is 0.320 bits per heavy atom. The van der Waals surface area contributed by atoms with Gasteiger partial charge in [-0.05, 0) is 80.4 Å². The SMILES string of the molecule is c1ccc2c(c1)-c1ccccc1-c1cc(-n3c4ccccc4c4ccccc43)cc(-c3cccc4c3oc3ccccc34)c1-c1ccccc1-2. The van der Waals surface area contributed by atoms with Crippen molar-refractivity contribution in [1.82, 2.24) is 4.57 Å². The second kappa shape index (κ2) is 10.4.